The third-order valence-electron chi connectivity index (χ3n) is 2.87. The Morgan fingerprint density at radius 1 is 0.394 bits per heavy atom. The van der Waals surface area contributed by atoms with Crippen LogP contribution >= 0.6 is 0 Å². The van der Waals surface area contributed by atoms with Crippen molar-refractivity contribution in [2.24, 2.45) is 0 Å². The van der Waals surface area contributed by atoms with Crippen molar-refractivity contribution in [3.63, 3.8) is 0 Å². The molecular weight excluding hydrogens is 1070 g/mol. The first kappa shape index (κ1) is 59.6. The predicted octanol–water partition coefficient (Wildman–Crippen LogP) is 10.7. The first-order valence-corrected chi connectivity index (χ1v) is 11.3. The molecular formula is C30H54U3. The van der Waals surface area contributed by atoms with Crippen molar-refractivity contribution in [2.75, 3.05) is 0 Å². The van der Waals surface area contributed by atoms with Gasteiger partial charge in [-0.15, -0.1) is 0 Å². The molecule has 186 valence electrons. The van der Waals surface area contributed by atoms with Gasteiger partial charge in [0.05, 0.1) is 0 Å². The standard InChI is InChI=1S/C9H17.2C6H11.3C3H5.3U/c1-3-5-7-9-8-6-4-2;2*1-3-5-6-4-2;3*1-3-2;;;/h1,4-9H2,2H3;2*1,4-6H2,2H3;3*1H2,2H3;;;/q6*-1;3*+2. The Morgan fingerprint density at radius 3 is 0.788 bits per heavy atom. The molecule has 0 aliphatic carbocycles. The number of rotatable bonds is 12. The topological polar surface area (TPSA) is 0 Å². The van der Waals surface area contributed by atoms with Crippen LogP contribution < -0.4 is 0 Å². The van der Waals surface area contributed by atoms with E-state index >= 15 is 0 Å². The molecule has 0 rings (SSSR count). The van der Waals surface area contributed by atoms with Gasteiger partial charge in [-0.25, -0.2) is 0 Å². The molecule has 0 aromatic rings. The summed E-state index contributed by atoms with van der Waals surface area (Å²) in [6.07, 6.45) is 30.9. The maximum absolute atomic E-state index is 3.55. The predicted molar refractivity (Wildman–Crippen MR) is 143 cm³/mol. The second-order valence-electron chi connectivity index (χ2n) is 6.18. The molecule has 0 bridgehead atoms. The normalized spacial score (nSPS) is 6.73. The molecule has 0 saturated heterocycles. The molecule has 0 radical (unpaired) electrons. The molecule has 0 amide bonds. The van der Waals surface area contributed by atoms with Crippen LogP contribution in [0.2, 0.25) is 0 Å². The van der Waals surface area contributed by atoms with Crippen molar-refractivity contribution in [2.45, 2.75) is 119 Å². The number of hydrogen-bond acceptors (Lipinski definition) is 0. The van der Waals surface area contributed by atoms with Gasteiger partial charge in [-0.1, -0.05) is 78.6 Å². The molecule has 0 N–H and O–H groups in total. The third-order valence-corrected chi connectivity index (χ3v) is 2.87. The van der Waals surface area contributed by atoms with Crippen molar-refractivity contribution in [3.05, 3.63) is 75.9 Å². The zero-order chi connectivity index (χ0) is 24.7. The fourth-order valence-corrected chi connectivity index (χ4v) is 1.46. The van der Waals surface area contributed by atoms with Gasteiger partial charge >= 0.3 is 93.3 Å². The molecule has 0 aromatic heterocycles. The molecule has 0 aliphatic rings. The van der Waals surface area contributed by atoms with Gasteiger partial charge in [-0.2, -0.15) is 40.0 Å². The van der Waals surface area contributed by atoms with Gasteiger partial charge in [0.2, 0.25) is 0 Å². The van der Waals surface area contributed by atoms with Crippen LogP contribution in [0.15, 0.2) is 39.5 Å². The molecule has 0 atom stereocenters. The summed E-state index contributed by atoms with van der Waals surface area (Å²) in [6.45, 7) is 32.1. The van der Waals surface area contributed by atoms with Crippen LogP contribution in [-0.2, 0) is 0 Å². The van der Waals surface area contributed by atoms with E-state index in [1.807, 2.05) is 0 Å². The van der Waals surface area contributed by atoms with Crippen LogP contribution in [-0.4, -0.2) is 0 Å². The fraction of sp³-hybridized carbons (Fsp3) is 0.600. The first-order chi connectivity index (χ1) is 14.5. The average molecular weight is 1130 g/mol. The minimum atomic E-state index is 0. The van der Waals surface area contributed by atoms with Gasteiger partial charge in [0.25, 0.3) is 0 Å². The summed E-state index contributed by atoms with van der Waals surface area (Å²) in [5.74, 6) is 0. The Balaban J connectivity index is -0.0000000310. The van der Waals surface area contributed by atoms with E-state index in [0.717, 1.165) is 19.3 Å². The Hall–Kier alpha value is 1.60. The Bertz CT molecular complexity index is 271. The molecule has 0 unspecified atom stereocenters. The summed E-state index contributed by atoms with van der Waals surface area (Å²) in [5.41, 5.74) is 0. The molecule has 0 heterocycles. The molecule has 0 spiro atoms. The molecule has 0 aliphatic heterocycles. The molecule has 0 aromatic carbocycles. The smallest absolute Gasteiger partial charge is 0.507 e. The maximum atomic E-state index is 3.55. The number of hydrogen-bond donors (Lipinski definition) is 0. The van der Waals surface area contributed by atoms with Crippen LogP contribution in [0.1, 0.15) is 119 Å². The summed E-state index contributed by atoms with van der Waals surface area (Å²) < 4.78 is 0. The second kappa shape index (κ2) is 93.0. The molecule has 0 nitrogen and oxygen atoms in total. The summed E-state index contributed by atoms with van der Waals surface area (Å²) in [4.78, 5) is 0. The maximum Gasteiger partial charge on any atom is 2.00 e. The third kappa shape index (κ3) is 181. The van der Waals surface area contributed by atoms with Crippen molar-refractivity contribution >= 4 is 0 Å². The zero-order valence-corrected chi connectivity index (χ0v) is 35.7. The van der Waals surface area contributed by atoms with E-state index in [1.165, 1.54) is 57.8 Å². The Morgan fingerprint density at radius 2 is 0.606 bits per heavy atom. The first-order valence-electron chi connectivity index (χ1n) is 11.3. The van der Waals surface area contributed by atoms with Crippen molar-refractivity contribution in [1.82, 2.24) is 0 Å². The van der Waals surface area contributed by atoms with Gasteiger partial charge in [-0.05, 0) is 0 Å². The second-order valence-corrected chi connectivity index (χ2v) is 6.18. The van der Waals surface area contributed by atoms with Gasteiger partial charge in [-0.3, -0.25) is 39.5 Å². The van der Waals surface area contributed by atoms with E-state index < -0.39 is 0 Å². The van der Waals surface area contributed by atoms with E-state index in [-0.39, 0.29) is 93.3 Å². The van der Waals surface area contributed by atoms with Crippen molar-refractivity contribution in [1.29, 1.82) is 0 Å². The average Bonchev–Trinajstić information content (AvgIpc) is 2.73. The summed E-state index contributed by atoms with van der Waals surface area (Å²) in [7, 11) is 0. The minimum Gasteiger partial charge on any atom is -0.507 e. The van der Waals surface area contributed by atoms with Gasteiger partial charge in [0, 0.05) is 0 Å². The molecule has 3 heteroatoms. The number of allylic oxidation sites excluding steroid dienone is 6. The zero-order valence-electron chi connectivity index (χ0n) is 23.2. The van der Waals surface area contributed by atoms with Crippen LogP contribution in [0.3, 0.4) is 0 Å². The summed E-state index contributed by atoms with van der Waals surface area (Å²) in [5, 5.41) is 0. The summed E-state index contributed by atoms with van der Waals surface area (Å²) in [6, 6.07) is 0. The van der Waals surface area contributed by atoms with Crippen LogP contribution in [0, 0.1) is 130 Å². The van der Waals surface area contributed by atoms with Crippen molar-refractivity contribution < 1.29 is 93.3 Å². The SMILES string of the molecule is C=[C-]C.C=[C-]C.C=[C-]C.C=[C-]CCCC.C=[C-]CCCC.C=[C-]CCCCCCC.[U+2].[U+2].[U+2]. The van der Waals surface area contributed by atoms with E-state index in [4.69, 9.17) is 0 Å². The van der Waals surface area contributed by atoms with Crippen LogP contribution in [0.25, 0.3) is 0 Å². The van der Waals surface area contributed by atoms with Crippen molar-refractivity contribution in [3.8, 4) is 0 Å². The van der Waals surface area contributed by atoms with E-state index in [1.54, 1.807) is 20.8 Å². The van der Waals surface area contributed by atoms with Gasteiger partial charge in [0.1, 0.15) is 0 Å². The largest absolute Gasteiger partial charge is 2.00 e. The van der Waals surface area contributed by atoms with Gasteiger partial charge in [0.15, 0.2) is 0 Å². The van der Waals surface area contributed by atoms with E-state index in [2.05, 4.69) is 96.7 Å². The fourth-order valence-electron chi connectivity index (χ4n) is 1.46. The quantitative estimate of drug-likeness (QED) is 0.135. The summed E-state index contributed by atoms with van der Waals surface area (Å²) >= 11 is 0. The molecule has 0 fully saturated rings. The van der Waals surface area contributed by atoms with Crippen LogP contribution in [0.5, 0.6) is 0 Å². The Labute approximate surface area is 284 Å². The van der Waals surface area contributed by atoms with Gasteiger partial charge < -0.3 is 36.5 Å². The monoisotopic (exact) mass is 1130 g/mol. The van der Waals surface area contributed by atoms with E-state index in [9.17, 15) is 0 Å². The molecule has 0 saturated carbocycles. The number of unbranched alkanes of at least 4 members (excludes halogenated alkanes) is 9. The minimum absolute atomic E-state index is 0. The Kier molecular flexibility index (Phi) is 168. The van der Waals surface area contributed by atoms with E-state index in [0.29, 0.717) is 0 Å². The molecule has 33 heavy (non-hydrogen) atoms. The van der Waals surface area contributed by atoms with Crippen LogP contribution in [0.4, 0.5) is 0 Å².